The summed E-state index contributed by atoms with van der Waals surface area (Å²) in [5.41, 5.74) is 0. The van der Waals surface area contributed by atoms with E-state index in [1.54, 1.807) is 0 Å². The van der Waals surface area contributed by atoms with Crippen molar-refractivity contribution in [2.45, 2.75) is 32.2 Å². The maximum atomic E-state index is 11.4. The van der Waals surface area contributed by atoms with Gasteiger partial charge >= 0.3 is 0 Å². The SMILES string of the molecule is CC1CNCCCN(C2CCS(=O)CC2)C1. The van der Waals surface area contributed by atoms with Crippen LogP contribution < -0.4 is 5.32 Å². The third-order valence-electron chi connectivity index (χ3n) is 3.71. The summed E-state index contributed by atoms with van der Waals surface area (Å²) in [6.07, 6.45) is 3.55. The molecule has 0 spiro atoms. The normalized spacial score (nSPS) is 38.9. The molecule has 16 heavy (non-hydrogen) atoms. The van der Waals surface area contributed by atoms with Crippen LogP contribution in [0.1, 0.15) is 26.2 Å². The van der Waals surface area contributed by atoms with Crippen LogP contribution in [0.4, 0.5) is 0 Å². The smallest absolute Gasteiger partial charge is 0.0249 e. The molecule has 0 aromatic rings. The van der Waals surface area contributed by atoms with E-state index in [4.69, 9.17) is 0 Å². The monoisotopic (exact) mass is 244 g/mol. The number of hydrogen-bond donors (Lipinski definition) is 1. The quantitative estimate of drug-likeness (QED) is 0.741. The molecule has 3 nitrogen and oxygen atoms in total. The molecule has 0 bridgehead atoms. The van der Waals surface area contributed by atoms with Gasteiger partial charge in [0.05, 0.1) is 0 Å². The molecule has 0 aromatic carbocycles. The Morgan fingerprint density at radius 1 is 1.31 bits per heavy atom. The maximum Gasteiger partial charge on any atom is 0.0249 e. The first kappa shape index (κ1) is 12.5. The van der Waals surface area contributed by atoms with E-state index in [1.807, 2.05) is 0 Å². The second kappa shape index (κ2) is 6.12. The molecule has 2 aliphatic rings. The number of nitrogens with one attached hydrogen (secondary N) is 1. The van der Waals surface area contributed by atoms with Gasteiger partial charge in [-0.05, 0) is 44.8 Å². The van der Waals surface area contributed by atoms with Crippen LogP contribution in [0, 0.1) is 5.92 Å². The first-order valence-corrected chi connectivity index (χ1v) is 8.04. The highest BCUT2D eigenvalue weighted by atomic mass is 32.2. The summed E-state index contributed by atoms with van der Waals surface area (Å²) < 4.78 is 11.4. The van der Waals surface area contributed by atoms with Crippen molar-refractivity contribution in [3.05, 3.63) is 0 Å². The molecular weight excluding hydrogens is 220 g/mol. The van der Waals surface area contributed by atoms with Gasteiger partial charge in [-0.25, -0.2) is 0 Å². The molecule has 2 saturated heterocycles. The van der Waals surface area contributed by atoms with Gasteiger partial charge in [0.15, 0.2) is 0 Å². The van der Waals surface area contributed by atoms with Crippen molar-refractivity contribution in [1.82, 2.24) is 10.2 Å². The molecule has 0 radical (unpaired) electrons. The van der Waals surface area contributed by atoms with E-state index >= 15 is 0 Å². The molecule has 4 heteroatoms. The Balaban J connectivity index is 1.87. The van der Waals surface area contributed by atoms with Crippen LogP contribution >= 0.6 is 0 Å². The predicted octanol–water partition coefficient (Wildman–Crippen LogP) is 0.829. The Morgan fingerprint density at radius 2 is 2.06 bits per heavy atom. The lowest BCUT2D eigenvalue weighted by Gasteiger charge is -2.37. The summed E-state index contributed by atoms with van der Waals surface area (Å²) in [4.78, 5) is 2.65. The molecule has 2 rings (SSSR count). The fourth-order valence-electron chi connectivity index (χ4n) is 2.79. The molecule has 0 aliphatic carbocycles. The third kappa shape index (κ3) is 3.54. The average molecular weight is 244 g/mol. The van der Waals surface area contributed by atoms with Gasteiger partial charge in [-0.1, -0.05) is 6.92 Å². The largest absolute Gasteiger partial charge is 0.316 e. The summed E-state index contributed by atoms with van der Waals surface area (Å²) in [7, 11) is -0.521. The lowest BCUT2D eigenvalue weighted by molar-refractivity contribution is 0.148. The summed E-state index contributed by atoms with van der Waals surface area (Å²) in [6.45, 7) is 7.06. The van der Waals surface area contributed by atoms with Crippen molar-refractivity contribution in [3.63, 3.8) is 0 Å². The topological polar surface area (TPSA) is 32.3 Å². The fourth-order valence-corrected chi connectivity index (χ4v) is 4.06. The summed E-state index contributed by atoms with van der Waals surface area (Å²) in [5, 5.41) is 3.49. The van der Waals surface area contributed by atoms with Crippen LogP contribution in [-0.2, 0) is 10.8 Å². The molecule has 2 heterocycles. The molecular formula is C12H24N2OS. The highest BCUT2D eigenvalue weighted by Gasteiger charge is 2.25. The Kier molecular flexibility index (Phi) is 4.79. The van der Waals surface area contributed by atoms with E-state index in [0.717, 1.165) is 43.4 Å². The Bertz CT molecular complexity index is 237. The van der Waals surface area contributed by atoms with Gasteiger partial charge in [0.1, 0.15) is 0 Å². The fraction of sp³-hybridized carbons (Fsp3) is 1.00. The average Bonchev–Trinajstić information content (AvgIpc) is 2.24. The van der Waals surface area contributed by atoms with Crippen molar-refractivity contribution in [2.75, 3.05) is 37.7 Å². The van der Waals surface area contributed by atoms with Crippen LogP contribution in [0.25, 0.3) is 0 Å². The second-order valence-electron chi connectivity index (χ2n) is 5.24. The second-order valence-corrected chi connectivity index (χ2v) is 6.93. The maximum absolute atomic E-state index is 11.4. The minimum absolute atomic E-state index is 0.521. The molecule has 2 aliphatic heterocycles. The Morgan fingerprint density at radius 3 is 2.81 bits per heavy atom. The molecule has 2 fully saturated rings. The minimum Gasteiger partial charge on any atom is -0.316 e. The van der Waals surface area contributed by atoms with Gasteiger partial charge in [-0.15, -0.1) is 0 Å². The van der Waals surface area contributed by atoms with E-state index in [2.05, 4.69) is 17.1 Å². The van der Waals surface area contributed by atoms with Gasteiger partial charge in [-0.3, -0.25) is 9.11 Å². The van der Waals surface area contributed by atoms with Gasteiger partial charge in [0, 0.05) is 34.9 Å². The predicted molar refractivity (Wildman–Crippen MR) is 69.1 cm³/mol. The first-order chi connectivity index (χ1) is 7.75. The van der Waals surface area contributed by atoms with E-state index < -0.39 is 10.8 Å². The van der Waals surface area contributed by atoms with Crippen molar-refractivity contribution >= 4 is 10.8 Å². The lowest BCUT2D eigenvalue weighted by Crippen LogP contribution is -2.46. The van der Waals surface area contributed by atoms with Gasteiger partial charge in [0.25, 0.3) is 0 Å². The van der Waals surface area contributed by atoms with Crippen LogP contribution in [0.5, 0.6) is 0 Å². The molecule has 0 saturated carbocycles. The standard InChI is InChI=1S/C12H24N2OS/c1-11-9-13-5-2-6-14(10-11)12-3-7-16(15)8-4-12/h11-13H,2-10H2,1H3. The van der Waals surface area contributed by atoms with Gasteiger partial charge in [0.2, 0.25) is 0 Å². The van der Waals surface area contributed by atoms with Crippen molar-refractivity contribution in [3.8, 4) is 0 Å². The summed E-state index contributed by atoms with van der Waals surface area (Å²) in [5.74, 6) is 2.59. The van der Waals surface area contributed by atoms with Crippen LogP contribution in [0.2, 0.25) is 0 Å². The zero-order chi connectivity index (χ0) is 11.4. The minimum atomic E-state index is -0.521. The number of nitrogens with zero attached hydrogens (tertiary/aromatic N) is 1. The Labute approximate surface area is 101 Å². The van der Waals surface area contributed by atoms with Crippen LogP contribution in [0.3, 0.4) is 0 Å². The van der Waals surface area contributed by atoms with Crippen LogP contribution in [-0.4, -0.2) is 52.8 Å². The van der Waals surface area contributed by atoms with Gasteiger partial charge in [-0.2, -0.15) is 0 Å². The zero-order valence-corrected chi connectivity index (χ0v) is 11.1. The molecule has 0 amide bonds. The van der Waals surface area contributed by atoms with E-state index in [-0.39, 0.29) is 0 Å². The van der Waals surface area contributed by atoms with E-state index in [0.29, 0.717) is 6.04 Å². The molecule has 1 N–H and O–H groups in total. The zero-order valence-electron chi connectivity index (χ0n) is 10.3. The highest BCUT2D eigenvalue weighted by Crippen LogP contribution is 2.18. The van der Waals surface area contributed by atoms with Crippen molar-refractivity contribution in [1.29, 1.82) is 0 Å². The molecule has 94 valence electrons. The van der Waals surface area contributed by atoms with Gasteiger partial charge < -0.3 is 5.32 Å². The highest BCUT2D eigenvalue weighted by molar-refractivity contribution is 7.85. The lowest BCUT2D eigenvalue weighted by atomic mass is 10.0. The summed E-state index contributed by atoms with van der Waals surface area (Å²) in [6, 6.07) is 0.707. The van der Waals surface area contributed by atoms with Crippen molar-refractivity contribution < 1.29 is 4.21 Å². The Hall–Kier alpha value is 0.0700. The molecule has 0 aromatic heterocycles. The van der Waals surface area contributed by atoms with E-state index in [1.165, 1.54) is 19.5 Å². The third-order valence-corrected chi connectivity index (χ3v) is 5.09. The first-order valence-electron chi connectivity index (χ1n) is 6.55. The van der Waals surface area contributed by atoms with Crippen molar-refractivity contribution in [2.24, 2.45) is 5.92 Å². The van der Waals surface area contributed by atoms with E-state index in [9.17, 15) is 4.21 Å². The molecule has 1 atom stereocenters. The molecule has 1 unspecified atom stereocenters. The number of hydrogen-bond acceptors (Lipinski definition) is 3. The number of rotatable bonds is 1. The summed E-state index contributed by atoms with van der Waals surface area (Å²) >= 11 is 0. The van der Waals surface area contributed by atoms with Crippen LogP contribution in [0.15, 0.2) is 0 Å².